The van der Waals surface area contributed by atoms with Gasteiger partial charge in [-0.15, -0.1) is 0 Å². The van der Waals surface area contributed by atoms with Crippen molar-refractivity contribution >= 4 is 35.0 Å². The lowest BCUT2D eigenvalue weighted by Gasteiger charge is -2.41. The van der Waals surface area contributed by atoms with Gasteiger partial charge in [0.05, 0.1) is 18.4 Å². The second kappa shape index (κ2) is 9.67. The summed E-state index contributed by atoms with van der Waals surface area (Å²) in [4.78, 5) is 0.503. The van der Waals surface area contributed by atoms with E-state index in [2.05, 4.69) is 11.2 Å². The minimum atomic E-state index is -1.19. The smallest absolute Gasteiger partial charge is 0.145 e. The van der Waals surface area contributed by atoms with Crippen molar-refractivity contribution in [2.45, 2.75) is 40.8 Å². The molecule has 2 aromatic carbocycles. The van der Waals surface area contributed by atoms with Crippen molar-refractivity contribution < 1.29 is 28.5 Å². The van der Waals surface area contributed by atoms with E-state index >= 15 is 0 Å². The molecule has 7 nitrogen and oxygen atoms in total. The maximum absolute atomic E-state index is 14.0. The SMILES string of the molecule is N#Cc1ccc(Cl)cc1S[C@H]1OC2C(O)CO[C@@H]2C(n2cc(-c3cc(F)c(Cl)c(F)c3)cn2)C1O. The first-order chi connectivity index (χ1) is 16.8. The zero-order valence-corrected chi connectivity index (χ0v) is 20.0. The van der Waals surface area contributed by atoms with Crippen LogP contribution in [0.15, 0.2) is 47.6 Å². The van der Waals surface area contributed by atoms with Crippen LogP contribution >= 0.6 is 35.0 Å². The van der Waals surface area contributed by atoms with E-state index in [9.17, 15) is 24.3 Å². The molecule has 0 saturated carbocycles. The largest absolute Gasteiger partial charge is 0.388 e. The highest BCUT2D eigenvalue weighted by Gasteiger charge is 2.53. The number of aliphatic hydroxyl groups is 2. The first-order valence-electron chi connectivity index (χ1n) is 10.5. The van der Waals surface area contributed by atoms with Gasteiger partial charge < -0.3 is 19.7 Å². The lowest BCUT2D eigenvalue weighted by atomic mass is 9.96. The van der Waals surface area contributed by atoms with Crippen LogP contribution in [0, 0.1) is 23.0 Å². The fraction of sp³-hybridized carbons (Fsp3) is 0.304. The number of benzene rings is 2. The summed E-state index contributed by atoms with van der Waals surface area (Å²) in [5.41, 5.74) is 0.0511. The van der Waals surface area contributed by atoms with Crippen LogP contribution in [0.4, 0.5) is 8.78 Å². The molecule has 6 atom stereocenters. The number of fused-ring (bicyclic) bond motifs is 1. The van der Waals surface area contributed by atoms with Crippen molar-refractivity contribution in [1.29, 1.82) is 5.26 Å². The number of aromatic nitrogens is 2. The van der Waals surface area contributed by atoms with Crippen LogP contribution in [0.1, 0.15) is 11.6 Å². The maximum Gasteiger partial charge on any atom is 0.145 e. The van der Waals surface area contributed by atoms with Gasteiger partial charge in [0, 0.05) is 21.7 Å². The van der Waals surface area contributed by atoms with Gasteiger partial charge in [0.15, 0.2) is 0 Å². The molecular formula is C23H17Cl2F2N3O4S. The molecule has 35 heavy (non-hydrogen) atoms. The van der Waals surface area contributed by atoms with Gasteiger partial charge >= 0.3 is 0 Å². The van der Waals surface area contributed by atoms with Crippen LogP contribution in [0.25, 0.3) is 11.1 Å². The second-order valence-corrected chi connectivity index (χ2v) is 10.1. The fourth-order valence-electron chi connectivity index (χ4n) is 4.26. The average molecular weight is 540 g/mol. The predicted molar refractivity (Wildman–Crippen MR) is 124 cm³/mol. The Hall–Kier alpha value is -2.23. The maximum atomic E-state index is 14.0. The molecule has 182 valence electrons. The third kappa shape index (κ3) is 4.54. The topological polar surface area (TPSA) is 101 Å². The Bertz CT molecular complexity index is 1300. The van der Waals surface area contributed by atoms with E-state index in [1.54, 1.807) is 18.2 Å². The van der Waals surface area contributed by atoms with E-state index in [0.29, 0.717) is 21.0 Å². The van der Waals surface area contributed by atoms with E-state index in [-0.39, 0.29) is 12.2 Å². The molecule has 5 rings (SSSR count). The van der Waals surface area contributed by atoms with Crippen LogP contribution < -0.4 is 0 Å². The van der Waals surface area contributed by atoms with Crippen LogP contribution in [0.5, 0.6) is 0 Å². The Morgan fingerprint density at radius 2 is 1.86 bits per heavy atom. The first-order valence-corrected chi connectivity index (χ1v) is 12.1. The third-order valence-electron chi connectivity index (χ3n) is 5.95. The number of hydrogen-bond acceptors (Lipinski definition) is 7. The molecule has 2 aliphatic rings. The predicted octanol–water partition coefficient (Wildman–Crippen LogP) is 4.19. The van der Waals surface area contributed by atoms with Crippen molar-refractivity contribution in [3.63, 3.8) is 0 Å². The van der Waals surface area contributed by atoms with Gasteiger partial charge in [-0.25, -0.2) is 8.78 Å². The summed E-state index contributed by atoms with van der Waals surface area (Å²) in [6, 6.07) is 8.21. The molecule has 2 N–H and O–H groups in total. The molecule has 3 heterocycles. The average Bonchev–Trinajstić information content (AvgIpc) is 3.45. The number of thioether (sulfide) groups is 1. The zero-order valence-electron chi connectivity index (χ0n) is 17.7. The highest BCUT2D eigenvalue weighted by molar-refractivity contribution is 7.99. The molecule has 2 aliphatic heterocycles. The quantitative estimate of drug-likeness (QED) is 0.479. The number of hydrogen-bond donors (Lipinski definition) is 2. The highest BCUT2D eigenvalue weighted by Crippen LogP contribution is 2.43. The lowest BCUT2D eigenvalue weighted by Crippen LogP contribution is -2.54. The fourth-order valence-corrected chi connectivity index (χ4v) is 5.77. The Labute approximate surface area is 212 Å². The number of nitrogens with zero attached hydrogens (tertiary/aromatic N) is 3. The van der Waals surface area contributed by atoms with Gasteiger partial charge in [0.1, 0.15) is 58.6 Å². The van der Waals surface area contributed by atoms with Gasteiger partial charge in [0.25, 0.3) is 0 Å². The molecule has 0 aliphatic carbocycles. The van der Waals surface area contributed by atoms with Crippen LogP contribution in [-0.2, 0) is 9.47 Å². The van der Waals surface area contributed by atoms with Crippen LogP contribution in [-0.4, -0.2) is 56.5 Å². The van der Waals surface area contributed by atoms with Crippen molar-refractivity contribution in [2.75, 3.05) is 6.61 Å². The summed E-state index contributed by atoms with van der Waals surface area (Å²) in [5.74, 6) is -1.82. The molecule has 3 aromatic rings. The van der Waals surface area contributed by atoms with Crippen molar-refractivity contribution in [2.24, 2.45) is 0 Å². The molecule has 1 aromatic heterocycles. The normalized spacial score (nSPS) is 28.0. The number of ether oxygens (including phenoxy) is 2. The molecule has 2 fully saturated rings. The van der Waals surface area contributed by atoms with Gasteiger partial charge in [-0.2, -0.15) is 10.4 Å². The van der Waals surface area contributed by atoms with E-state index in [1.807, 2.05) is 0 Å². The van der Waals surface area contributed by atoms with E-state index in [1.165, 1.54) is 17.1 Å². The number of nitriles is 1. The number of halogens is 4. The lowest BCUT2D eigenvalue weighted by molar-refractivity contribution is -0.161. The number of rotatable bonds is 4. The first kappa shape index (κ1) is 24.5. The standard InChI is InChI=1S/C23H17Cl2F2N3O4S/c24-13-2-1-10(6-28)17(5-13)35-23-20(32)19(22-21(34-23)16(31)9-33-22)30-8-12(7-29-30)11-3-14(26)18(25)15(27)4-11/h1-5,7-8,16,19-23,31-32H,9H2/t16?,19?,20?,21?,22-,23-/m1/s1. The van der Waals surface area contributed by atoms with Crippen molar-refractivity contribution in [3.05, 3.63) is 70.0 Å². The Morgan fingerprint density at radius 1 is 1.11 bits per heavy atom. The molecule has 0 amide bonds. The summed E-state index contributed by atoms with van der Waals surface area (Å²) < 4.78 is 41.1. The van der Waals surface area contributed by atoms with Crippen molar-refractivity contribution in [3.8, 4) is 17.2 Å². The zero-order chi connectivity index (χ0) is 24.9. The van der Waals surface area contributed by atoms with Crippen molar-refractivity contribution in [1.82, 2.24) is 9.78 Å². The molecule has 0 radical (unpaired) electrons. The Morgan fingerprint density at radius 3 is 2.57 bits per heavy atom. The van der Waals surface area contributed by atoms with E-state index in [0.717, 1.165) is 23.9 Å². The van der Waals surface area contributed by atoms with Gasteiger partial charge in [-0.1, -0.05) is 35.0 Å². The van der Waals surface area contributed by atoms with Gasteiger partial charge in [0.2, 0.25) is 0 Å². The minimum Gasteiger partial charge on any atom is -0.388 e. The molecule has 2 saturated heterocycles. The molecule has 0 spiro atoms. The summed E-state index contributed by atoms with van der Waals surface area (Å²) in [6.07, 6.45) is -0.723. The molecule has 0 bridgehead atoms. The Kier molecular flexibility index (Phi) is 6.76. The third-order valence-corrected chi connectivity index (χ3v) is 7.76. The van der Waals surface area contributed by atoms with Gasteiger partial charge in [-0.05, 0) is 35.9 Å². The minimum absolute atomic E-state index is 0.00170. The monoisotopic (exact) mass is 539 g/mol. The molecule has 12 heteroatoms. The second-order valence-electron chi connectivity index (χ2n) is 8.15. The number of aliphatic hydroxyl groups excluding tert-OH is 2. The van der Waals surface area contributed by atoms with E-state index < -0.39 is 52.6 Å². The van der Waals surface area contributed by atoms with Gasteiger partial charge in [-0.3, -0.25) is 4.68 Å². The highest BCUT2D eigenvalue weighted by atomic mass is 35.5. The van der Waals surface area contributed by atoms with Crippen LogP contribution in [0.2, 0.25) is 10.0 Å². The molecule has 4 unspecified atom stereocenters. The summed E-state index contributed by atoms with van der Waals surface area (Å²) in [7, 11) is 0. The van der Waals surface area contributed by atoms with E-state index in [4.69, 9.17) is 32.7 Å². The summed E-state index contributed by atoms with van der Waals surface area (Å²) in [5, 5.41) is 35.3. The molecular weight excluding hydrogens is 523 g/mol. The summed E-state index contributed by atoms with van der Waals surface area (Å²) in [6.45, 7) is -0.00170. The summed E-state index contributed by atoms with van der Waals surface area (Å²) >= 11 is 12.8. The Balaban J connectivity index is 1.49. The van der Waals surface area contributed by atoms with Crippen LogP contribution in [0.3, 0.4) is 0 Å².